The van der Waals surface area contributed by atoms with Gasteiger partial charge in [0.05, 0.1) is 4.90 Å². The Morgan fingerprint density at radius 1 is 0.778 bits per heavy atom. The molecule has 0 atom stereocenters. The molecular formula is C23H21NO2S. The molecule has 4 heteroatoms. The van der Waals surface area contributed by atoms with Crippen LogP contribution in [0.25, 0.3) is 0 Å². The second-order valence-electron chi connectivity index (χ2n) is 7.00. The SMILES string of the molecule is Cc1ccc(C)n1S(=O)(=O)c1ccc(C#Cc2ccc3c(c2)CCC3)cc1. The van der Waals surface area contributed by atoms with Crippen LogP contribution in [-0.4, -0.2) is 12.4 Å². The minimum Gasteiger partial charge on any atom is -0.243 e. The van der Waals surface area contributed by atoms with E-state index in [-0.39, 0.29) is 4.90 Å². The van der Waals surface area contributed by atoms with E-state index in [2.05, 4.69) is 30.0 Å². The lowest BCUT2D eigenvalue weighted by atomic mass is 10.1. The molecule has 1 heterocycles. The maximum absolute atomic E-state index is 12.9. The summed E-state index contributed by atoms with van der Waals surface area (Å²) in [5.41, 5.74) is 6.05. The first kappa shape index (κ1) is 17.6. The zero-order chi connectivity index (χ0) is 19.0. The van der Waals surface area contributed by atoms with Crippen LogP contribution in [-0.2, 0) is 22.9 Å². The molecule has 1 aliphatic rings. The molecule has 0 radical (unpaired) electrons. The summed E-state index contributed by atoms with van der Waals surface area (Å²) in [6.45, 7) is 3.59. The number of rotatable bonds is 2. The van der Waals surface area contributed by atoms with E-state index in [9.17, 15) is 8.42 Å². The van der Waals surface area contributed by atoms with Crippen molar-refractivity contribution in [3.05, 3.63) is 88.2 Å². The fourth-order valence-corrected chi connectivity index (χ4v) is 5.21. The summed E-state index contributed by atoms with van der Waals surface area (Å²) >= 11 is 0. The molecule has 3 aromatic rings. The summed E-state index contributed by atoms with van der Waals surface area (Å²) in [4.78, 5) is 0.271. The molecule has 4 rings (SSSR count). The van der Waals surface area contributed by atoms with Crippen LogP contribution in [0.4, 0.5) is 0 Å². The number of hydrogen-bond donors (Lipinski definition) is 0. The second kappa shape index (κ2) is 6.75. The molecule has 1 aromatic heterocycles. The van der Waals surface area contributed by atoms with Crippen molar-refractivity contribution in [2.24, 2.45) is 0 Å². The topological polar surface area (TPSA) is 39.1 Å². The average molecular weight is 375 g/mol. The molecule has 1 aliphatic carbocycles. The van der Waals surface area contributed by atoms with E-state index in [0.717, 1.165) is 17.5 Å². The Labute approximate surface area is 160 Å². The molecule has 0 amide bonds. The Morgan fingerprint density at radius 3 is 2.07 bits per heavy atom. The van der Waals surface area contributed by atoms with Crippen LogP contribution in [0.15, 0.2) is 59.5 Å². The maximum atomic E-state index is 12.9. The maximum Gasteiger partial charge on any atom is 0.268 e. The van der Waals surface area contributed by atoms with Crippen molar-refractivity contribution in [3.8, 4) is 11.8 Å². The second-order valence-corrected chi connectivity index (χ2v) is 8.78. The lowest BCUT2D eigenvalue weighted by molar-refractivity contribution is 0.585. The van der Waals surface area contributed by atoms with Gasteiger partial charge < -0.3 is 0 Å². The van der Waals surface area contributed by atoms with Crippen molar-refractivity contribution in [1.29, 1.82) is 0 Å². The summed E-state index contributed by atoms with van der Waals surface area (Å²) in [5, 5.41) is 0. The number of benzene rings is 2. The van der Waals surface area contributed by atoms with E-state index in [1.807, 2.05) is 12.1 Å². The lowest BCUT2D eigenvalue weighted by Gasteiger charge is -2.10. The van der Waals surface area contributed by atoms with E-state index in [4.69, 9.17) is 0 Å². The van der Waals surface area contributed by atoms with Gasteiger partial charge in [-0.3, -0.25) is 0 Å². The van der Waals surface area contributed by atoms with Gasteiger partial charge in [0.25, 0.3) is 10.0 Å². The minimum absolute atomic E-state index is 0.271. The predicted molar refractivity (Wildman–Crippen MR) is 107 cm³/mol. The van der Waals surface area contributed by atoms with Gasteiger partial charge in [-0.05, 0) is 92.8 Å². The van der Waals surface area contributed by atoms with Crippen LogP contribution >= 0.6 is 0 Å². The van der Waals surface area contributed by atoms with E-state index in [1.54, 1.807) is 38.1 Å². The van der Waals surface area contributed by atoms with Gasteiger partial charge in [-0.2, -0.15) is 0 Å². The van der Waals surface area contributed by atoms with E-state index >= 15 is 0 Å². The Kier molecular flexibility index (Phi) is 4.41. The highest BCUT2D eigenvalue weighted by molar-refractivity contribution is 7.90. The van der Waals surface area contributed by atoms with Crippen molar-refractivity contribution in [2.75, 3.05) is 0 Å². The quantitative estimate of drug-likeness (QED) is 0.629. The van der Waals surface area contributed by atoms with Gasteiger partial charge >= 0.3 is 0 Å². The summed E-state index contributed by atoms with van der Waals surface area (Å²) in [5.74, 6) is 6.33. The zero-order valence-electron chi connectivity index (χ0n) is 15.5. The lowest BCUT2D eigenvalue weighted by Crippen LogP contribution is -2.15. The third-order valence-corrected chi connectivity index (χ3v) is 6.97. The van der Waals surface area contributed by atoms with Crippen LogP contribution < -0.4 is 0 Å². The summed E-state index contributed by atoms with van der Waals surface area (Å²) in [7, 11) is -3.58. The van der Waals surface area contributed by atoms with Crippen LogP contribution in [0, 0.1) is 25.7 Å². The summed E-state index contributed by atoms with van der Waals surface area (Å²) in [6, 6.07) is 16.8. The molecule has 27 heavy (non-hydrogen) atoms. The molecule has 0 N–H and O–H groups in total. The predicted octanol–water partition coefficient (Wildman–Crippen LogP) is 4.23. The first-order chi connectivity index (χ1) is 12.9. The van der Waals surface area contributed by atoms with E-state index in [1.165, 1.54) is 27.9 Å². The molecule has 3 nitrogen and oxygen atoms in total. The first-order valence-corrected chi connectivity index (χ1v) is 10.5. The van der Waals surface area contributed by atoms with Crippen molar-refractivity contribution >= 4 is 10.0 Å². The molecule has 0 saturated heterocycles. The Morgan fingerprint density at radius 2 is 1.37 bits per heavy atom. The van der Waals surface area contributed by atoms with Crippen molar-refractivity contribution < 1.29 is 8.42 Å². The van der Waals surface area contributed by atoms with Crippen LogP contribution in [0.5, 0.6) is 0 Å². The fraction of sp³-hybridized carbons (Fsp3) is 0.217. The molecule has 136 valence electrons. The van der Waals surface area contributed by atoms with E-state index in [0.29, 0.717) is 11.4 Å². The van der Waals surface area contributed by atoms with Crippen molar-refractivity contribution in [1.82, 2.24) is 3.97 Å². The Hall–Kier alpha value is -2.77. The zero-order valence-corrected chi connectivity index (χ0v) is 16.3. The summed E-state index contributed by atoms with van der Waals surface area (Å²) < 4.78 is 27.1. The molecule has 0 fully saturated rings. The average Bonchev–Trinajstić information content (AvgIpc) is 3.26. The van der Waals surface area contributed by atoms with Crippen LogP contribution in [0.3, 0.4) is 0 Å². The van der Waals surface area contributed by atoms with E-state index < -0.39 is 10.0 Å². The number of nitrogens with zero attached hydrogens (tertiary/aromatic N) is 1. The van der Waals surface area contributed by atoms with Crippen LogP contribution in [0.2, 0.25) is 0 Å². The summed E-state index contributed by atoms with van der Waals surface area (Å²) in [6.07, 6.45) is 3.53. The molecule has 2 aromatic carbocycles. The molecule has 0 saturated carbocycles. The van der Waals surface area contributed by atoms with Gasteiger partial charge in [0.2, 0.25) is 0 Å². The Balaban J connectivity index is 1.60. The van der Waals surface area contributed by atoms with Gasteiger partial charge in [-0.15, -0.1) is 0 Å². The molecule has 0 bridgehead atoms. The van der Waals surface area contributed by atoms with Gasteiger partial charge in [-0.25, -0.2) is 12.4 Å². The first-order valence-electron chi connectivity index (χ1n) is 9.09. The monoisotopic (exact) mass is 375 g/mol. The number of aromatic nitrogens is 1. The number of fused-ring (bicyclic) bond motifs is 1. The van der Waals surface area contributed by atoms with Crippen molar-refractivity contribution in [3.63, 3.8) is 0 Å². The minimum atomic E-state index is -3.58. The van der Waals surface area contributed by atoms with Gasteiger partial charge in [0.15, 0.2) is 0 Å². The largest absolute Gasteiger partial charge is 0.268 e. The standard InChI is InChI=1S/C23H21NO2S/c1-17-6-7-18(2)24(17)27(25,26)23-14-11-19(12-15-23)8-9-20-10-13-21-4-3-5-22(21)16-20/h6-7,10-16H,3-5H2,1-2H3. The molecule has 0 spiro atoms. The number of hydrogen-bond acceptors (Lipinski definition) is 2. The van der Waals surface area contributed by atoms with Gasteiger partial charge in [0.1, 0.15) is 0 Å². The van der Waals surface area contributed by atoms with Crippen LogP contribution in [0.1, 0.15) is 40.1 Å². The normalized spacial score (nSPS) is 13.1. The molecular weight excluding hydrogens is 354 g/mol. The van der Waals surface area contributed by atoms with Gasteiger partial charge in [0, 0.05) is 22.5 Å². The Bertz CT molecular complexity index is 1150. The fourth-order valence-electron chi connectivity index (χ4n) is 3.64. The highest BCUT2D eigenvalue weighted by Gasteiger charge is 2.19. The van der Waals surface area contributed by atoms with Gasteiger partial charge in [-0.1, -0.05) is 17.9 Å². The smallest absolute Gasteiger partial charge is 0.243 e. The molecule has 0 unspecified atom stereocenters. The third-order valence-electron chi connectivity index (χ3n) is 5.05. The highest BCUT2D eigenvalue weighted by Crippen LogP contribution is 2.23. The third kappa shape index (κ3) is 3.31. The molecule has 0 aliphatic heterocycles. The highest BCUT2D eigenvalue weighted by atomic mass is 32.2. The number of aryl methyl sites for hydroxylation is 4. The van der Waals surface area contributed by atoms with Crippen molar-refractivity contribution in [2.45, 2.75) is 38.0 Å².